The van der Waals surface area contributed by atoms with E-state index in [1.165, 1.54) is 0 Å². The molecule has 0 fully saturated rings. The summed E-state index contributed by atoms with van der Waals surface area (Å²) in [5.74, 6) is 1.43. The Morgan fingerprint density at radius 2 is 1.95 bits per heavy atom. The first-order chi connectivity index (χ1) is 20.4. The number of fused-ring (bicyclic) bond motifs is 4. The number of methoxy groups -OCH3 is 1. The molecule has 0 radical (unpaired) electrons. The van der Waals surface area contributed by atoms with Gasteiger partial charge in [0.05, 0.1) is 19.3 Å². The molecular formula is C31H37N7O4. The highest BCUT2D eigenvalue weighted by Gasteiger charge is 2.25. The lowest BCUT2D eigenvalue weighted by Gasteiger charge is -2.26. The second-order valence-corrected chi connectivity index (χ2v) is 10.6. The minimum Gasteiger partial charge on any atom is -0.493 e. The van der Waals surface area contributed by atoms with Crippen molar-refractivity contribution in [2.75, 3.05) is 33.4 Å². The molecule has 2 aromatic heterocycles. The highest BCUT2D eigenvalue weighted by Crippen LogP contribution is 2.32. The van der Waals surface area contributed by atoms with Crippen molar-refractivity contribution in [3.05, 3.63) is 78.9 Å². The van der Waals surface area contributed by atoms with Crippen LogP contribution in [0.2, 0.25) is 0 Å². The fourth-order valence-electron chi connectivity index (χ4n) is 5.02. The lowest BCUT2D eigenvalue weighted by molar-refractivity contribution is -0.130. The Labute approximate surface area is 245 Å². The van der Waals surface area contributed by atoms with Crippen LogP contribution in [0.3, 0.4) is 0 Å². The first kappa shape index (κ1) is 28.9. The van der Waals surface area contributed by atoms with Gasteiger partial charge in [0, 0.05) is 56.5 Å². The van der Waals surface area contributed by atoms with Crippen molar-refractivity contribution in [2.45, 2.75) is 33.0 Å². The molecule has 2 N–H and O–H groups in total. The normalized spacial score (nSPS) is 17.1. The molecule has 4 aromatic rings. The number of carbonyl (C=O) groups is 2. The minimum absolute atomic E-state index is 0.0867. The average molecular weight is 572 g/mol. The molecule has 11 nitrogen and oxygen atoms in total. The number of benzene rings is 2. The summed E-state index contributed by atoms with van der Waals surface area (Å²) >= 11 is 0. The van der Waals surface area contributed by atoms with E-state index in [1.807, 2.05) is 84.2 Å². The maximum absolute atomic E-state index is 13.3. The van der Waals surface area contributed by atoms with E-state index in [9.17, 15) is 9.59 Å². The Morgan fingerprint density at radius 1 is 1.07 bits per heavy atom. The molecule has 42 heavy (non-hydrogen) atoms. The minimum atomic E-state index is -0.657. The van der Waals surface area contributed by atoms with Gasteiger partial charge >= 0.3 is 0 Å². The van der Waals surface area contributed by atoms with E-state index in [0.717, 1.165) is 22.6 Å². The first-order valence-electron chi connectivity index (χ1n) is 14.1. The molecule has 0 saturated heterocycles. The van der Waals surface area contributed by atoms with Crippen LogP contribution in [0.15, 0.2) is 73.3 Å². The molecule has 2 bridgehead atoms. The summed E-state index contributed by atoms with van der Waals surface area (Å²) in [5.41, 5.74) is 2.82. The van der Waals surface area contributed by atoms with Gasteiger partial charge in [-0.1, -0.05) is 26.0 Å². The molecule has 5 rings (SSSR count). The lowest BCUT2D eigenvalue weighted by atomic mass is 10.0. The van der Waals surface area contributed by atoms with Crippen LogP contribution >= 0.6 is 0 Å². The Balaban J connectivity index is 1.42. The fourth-order valence-corrected chi connectivity index (χ4v) is 5.02. The van der Waals surface area contributed by atoms with Crippen molar-refractivity contribution in [1.29, 1.82) is 0 Å². The van der Waals surface area contributed by atoms with Gasteiger partial charge in [-0.25, -0.2) is 9.67 Å². The molecule has 0 saturated carbocycles. The van der Waals surface area contributed by atoms with Crippen LogP contribution in [-0.2, 0) is 22.7 Å². The monoisotopic (exact) mass is 571 g/mol. The second kappa shape index (κ2) is 13.3. The molecule has 1 atom stereocenters. The molecule has 0 unspecified atom stereocenters. The summed E-state index contributed by atoms with van der Waals surface area (Å²) in [6, 6.07) is 15.0. The number of carbonyl (C=O) groups excluding carboxylic acids is 2. The lowest BCUT2D eigenvalue weighted by Crippen LogP contribution is -2.52. The quantitative estimate of drug-likeness (QED) is 0.379. The maximum atomic E-state index is 13.3. The van der Waals surface area contributed by atoms with E-state index >= 15 is 0 Å². The van der Waals surface area contributed by atoms with Gasteiger partial charge in [-0.3, -0.25) is 14.5 Å². The van der Waals surface area contributed by atoms with Crippen molar-refractivity contribution in [3.63, 3.8) is 0 Å². The van der Waals surface area contributed by atoms with Crippen LogP contribution in [0, 0.1) is 5.92 Å². The predicted octanol–water partition coefficient (Wildman–Crippen LogP) is 2.90. The third-order valence-electron chi connectivity index (χ3n) is 7.17. The third-order valence-corrected chi connectivity index (χ3v) is 7.17. The van der Waals surface area contributed by atoms with Crippen molar-refractivity contribution in [1.82, 2.24) is 34.9 Å². The van der Waals surface area contributed by atoms with Gasteiger partial charge in [0.25, 0.3) is 0 Å². The fraction of sp³-hybridized carbons (Fsp3) is 0.355. The Morgan fingerprint density at radius 3 is 2.74 bits per heavy atom. The zero-order valence-corrected chi connectivity index (χ0v) is 24.2. The molecule has 2 aromatic carbocycles. The van der Waals surface area contributed by atoms with E-state index in [1.54, 1.807) is 24.2 Å². The van der Waals surface area contributed by atoms with Gasteiger partial charge in [-0.05, 0) is 47.9 Å². The molecule has 220 valence electrons. The number of imidazole rings is 1. The average Bonchev–Trinajstić information content (AvgIpc) is 3.68. The van der Waals surface area contributed by atoms with Crippen LogP contribution in [0.5, 0.6) is 11.5 Å². The first-order valence-corrected chi connectivity index (χ1v) is 14.1. The number of nitrogens with one attached hydrogen (secondary N) is 2. The summed E-state index contributed by atoms with van der Waals surface area (Å²) in [7, 11) is 1.61. The van der Waals surface area contributed by atoms with E-state index in [0.29, 0.717) is 44.3 Å². The SMILES string of the molecule is COc1ccc2cc1OCCN(Cc1cccc(-n3cccn3)c1)CC(=O)N[C@H](C(C)C)C(=O)NCCn1ccnc1-2. The van der Waals surface area contributed by atoms with Gasteiger partial charge in [0.2, 0.25) is 11.8 Å². The Hall–Kier alpha value is -4.64. The molecule has 0 aliphatic carbocycles. The molecule has 0 spiro atoms. The van der Waals surface area contributed by atoms with Gasteiger partial charge in [0.15, 0.2) is 11.5 Å². The molecule has 1 aliphatic rings. The number of ether oxygens (including phenoxy) is 2. The Bertz CT molecular complexity index is 1500. The number of amides is 2. The molecule has 1 aliphatic heterocycles. The van der Waals surface area contributed by atoms with Gasteiger partial charge in [0.1, 0.15) is 18.5 Å². The van der Waals surface area contributed by atoms with Crippen molar-refractivity contribution in [3.8, 4) is 28.6 Å². The molecular weight excluding hydrogens is 534 g/mol. The van der Waals surface area contributed by atoms with E-state index in [2.05, 4.69) is 20.7 Å². The maximum Gasteiger partial charge on any atom is 0.242 e. The van der Waals surface area contributed by atoms with E-state index in [4.69, 9.17) is 9.47 Å². The summed E-state index contributed by atoms with van der Waals surface area (Å²) in [6.07, 6.45) is 7.23. The smallest absolute Gasteiger partial charge is 0.242 e. The number of nitrogens with zero attached hydrogens (tertiary/aromatic N) is 5. The number of hydrogen-bond acceptors (Lipinski definition) is 7. The van der Waals surface area contributed by atoms with E-state index in [-0.39, 0.29) is 24.3 Å². The second-order valence-electron chi connectivity index (χ2n) is 10.6. The van der Waals surface area contributed by atoms with Crippen molar-refractivity contribution >= 4 is 11.8 Å². The number of rotatable bonds is 5. The van der Waals surface area contributed by atoms with Crippen molar-refractivity contribution < 1.29 is 19.1 Å². The highest BCUT2D eigenvalue weighted by atomic mass is 16.5. The van der Waals surface area contributed by atoms with Crippen molar-refractivity contribution in [2.24, 2.45) is 5.92 Å². The van der Waals surface area contributed by atoms with Gasteiger partial charge in [-0.15, -0.1) is 0 Å². The summed E-state index contributed by atoms with van der Waals surface area (Å²) < 4.78 is 15.6. The molecule has 3 heterocycles. The third kappa shape index (κ3) is 6.98. The van der Waals surface area contributed by atoms with E-state index < -0.39 is 6.04 Å². The zero-order valence-electron chi connectivity index (χ0n) is 24.2. The number of hydrogen-bond donors (Lipinski definition) is 2. The summed E-state index contributed by atoms with van der Waals surface area (Å²) in [6.45, 7) is 6.12. The molecule has 11 heteroatoms. The van der Waals surface area contributed by atoms with Crippen LogP contribution < -0.4 is 20.1 Å². The topological polar surface area (TPSA) is 116 Å². The summed E-state index contributed by atoms with van der Waals surface area (Å²) in [4.78, 5) is 33.0. The van der Waals surface area contributed by atoms with Crippen LogP contribution in [-0.4, -0.2) is 75.4 Å². The highest BCUT2D eigenvalue weighted by molar-refractivity contribution is 5.88. The predicted molar refractivity (Wildman–Crippen MR) is 158 cm³/mol. The molecule has 2 amide bonds. The van der Waals surface area contributed by atoms with Crippen LogP contribution in [0.25, 0.3) is 17.1 Å². The zero-order chi connectivity index (χ0) is 29.5. The standard InChI is InChI=1S/C31H37N7O4/c1-22(2)29-31(40)33-12-15-37-14-11-32-30(37)24-8-9-26(41-3)27(19-24)42-17-16-36(21-28(39)35-29)20-23-6-4-7-25(18-23)38-13-5-10-34-38/h4-11,13-14,18-19,22,29H,12,15-17,20-21H2,1-3H3,(H,33,40)(H,35,39)/t29-/m1/s1. The van der Waals surface area contributed by atoms with Gasteiger partial charge < -0.3 is 24.7 Å². The van der Waals surface area contributed by atoms with Crippen LogP contribution in [0.1, 0.15) is 19.4 Å². The van der Waals surface area contributed by atoms with Gasteiger partial charge in [-0.2, -0.15) is 5.10 Å². The Kier molecular flexibility index (Phi) is 9.18. The number of aromatic nitrogens is 4. The summed E-state index contributed by atoms with van der Waals surface area (Å²) in [5, 5.41) is 10.3. The largest absolute Gasteiger partial charge is 0.493 e. The van der Waals surface area contributed by atoms with Crippen LogP contribution in [0.4, 0.5) is 0 Å².